The van der Waals surface area contributed by atoms with Crippen molar-refractivity contribution in [2.75, 3.05) is 30.6 Å². The first kappa shape index (κ1) is 31.8. The minimum absolute atomic E-state index is 0.167. The molecule has 0 radical (unpaired) electrons. The molecule has 3 aromatic carbocycles. The van der Waals surface area contributed by atoms with Crippen LogP contribution in [0.1, 0.15) is 72.7 Å². The molecule has 3 aliphatic heterocycles. The van der Waals surface area contributed by atoms with Gasteiger partial charge in [0.05, 0.1) is 23.0 Å². The van der Waals surface area contributed by atoms with Gasteiger partial charge in [-0.1, -0.05) is 24.3 Å². The quantitative estimate of drug-likeness (QED) is 0.235. The average molecular weight is 662 g/mol. The third-order valence-electron chi connectivity index (χ3n) is 10.8. The Morgan fingerprint density at radius 2 is 1.68 bits per heavy atom. The van der Waals surface area contributed by atoms with Gasteiger partial charge < -0.3 is 9.47 Å². The number of hydrogen-bond acceptors (Lipinski definition) is 5. The van der Waals surface area contributed by atoms with Crippen molar-refractivity contribution in [1.82, 2.24) is 19.4 Å². The Morgan fingerprint density at radius 1 is 0.957 bits per heavy atom. The molecule has 4 aromatic rings. The van der Waals surface area contributed by atoms with Crippen molar-refractivity contribution in [1.29, 1.82) is 0 Å². The van der Waals surface area contributed by atoms with Crippen LogP contribution in [-0.2, 0) is 15.4 Å². The van der Waals surface area contributed by atoms with Crippen LogP contribution in [0.4, 0.5) is 14.5 Å². The van der Waals surface area contributed by atoms with E-state index >= 15 is 0 Å². The number of para-hydroxylation sites is 2. The van der Waals surface area contributed by atoms with Crippen LogP contribution in [0.15, 0.2) is 66.7 Å². The Bertz CT molecular complexity index is 1910. The standard InChI is InChI=1S/C36H41F2N5O3S/c1-24-39-33-8-3-4-9-34(33)43(24)30-22-28-11-12-29(23-30)42(28)19-16-36(26-6-5-7-27(37)21-26)14-17-41(18-15-36)35(44)25-10-13-32(31(38)20-25)40-47(2,45)46/h3-10,13,20-21,28-30,40H,11-12,14-19,22-23H2,1-2H3. The van der Waals surface area contributed by atoms with Gasteiger partial charge in [-0.2, -0.15) is 0 Å². The first-order valence-corrected chi connectivity index (χ1v) is 18.4. The summed E-state index contributed by atoms with van der Waals surface area (Å²) < 4.78 is 56.9. The largest absolute Gasteiger partial charge is 0.339 e. The monoisotopic (exact) mass is 661 g/mol. The summed E-state index contributed by atoms with van der Waals surface area (Å²) in [5.74, 6) is -0.297. The van der Waals surface area contributed by atoms with Gasteiger partial charge in [-0.25, -0.2) is 22.2 Å². The van der Waals surface area contributed by atoms with Crippen LogP contribution in [0, 0.1) is 18.6 Å². The third-order valence-corrected chi connectivity index (χ3v) is 11.4. The summed E-state index contributed by atoms with van der Waals surface area (Å²) in [6.07, 6.45) is 7.68. The van der Waals surface area contributed by atoms with Gasteiger partial charge in [0.25, 0.3) is 5.91 Å². The fourth-order valence-electron chi connectivity index (χ4n) is 8.54. The van der Waals surface area contributed by atoms with E-state index in [1.165, 1.54) is 36.6 Å². The number of likely N-dealkylation sites (tertiary alicyclic amines) is 1. The number of aryl methyl sites for hydroxylation is 1. The molecular weight excluding hydrogens is 620 g/mol. The van der Waals surface area contributed by atoms with Crippen LogP contribution >= 0.6 is 0 Å². The molecule has 0 spiro atoms. The van der Waals surface area contributed by atoms with Crippen molar-refractivity contribution < 1.29 is 22.0 Å². The molecule has 1 amide bonds. The third kappa shape index (κ3) is 6.27. The van der Waals surface area contributed by atoms with Crippen LogP contribution in [0.25, 0.3) is 11.0 Å². The lowest BCUT2D eigenvalue weighted by molar-refractivity contribution is 0.0606. The smallest absolute Gasteiger partial charge is 0.253 e. The predicted octanol–water partition coefficient (Wildman–Crippen LogP) is 6.43. The van der Waals surface area contributed by atoms with E-state index < -0.39 is 15.8 Å². The van der Waals surface area contributed by atoms with Gasteiger partial charge in [0, 0.05) is 36.8 Å². The molecule has 0 aliphatic carbocycles. The summed E-state index contributed by atoms with van der Waals surface area (Å²) in [5.41, 5.74) is 2.90. The summed E-state index contributed by atoms with van der Waals surface area (Å²) in [7, 11) is -3.65. The second kappa shape index (κ2) is 12.3. The van der Waals surface area contributed by atoms with Crippen molar-refractivity contribution in [3.05, 3.63) is 95.3 Å². The minimum Gasteiger partial charge on any atom is -0.339 e. The summed E-state index contributed by atoms with van der Waals surface area (Å²) in [6, 6.07) is 20.5. The van der Waals surface area contributed by atoms with Crippen molar-refractivity contribution in [2.45, 2.75) is 75.4 Å². The van der Waals surface area contributed by atoms with Crippen LogP contribution in [-0.4, -0.2) is 71.6 Å². The topological polar surface area (TPSA) is 87.5 Å². The number of nitrogens with zero attached hydrogens (tertiary/aromatic N) is 4. The molecule has 2 atom stereocenters. The Hall–Kier alpha value is -3.83. The number of fused-ring (bicyclic) bond motifs is 3. The molecule has 2 unspecified atom stereocenters. The number of hydrogen-bond donors (Lipinski definition) is 1. The van der Waals surface area contributed by atoms with Gasteiger partial charge in [-0.05, 0) is 112 Å². The number of imidazole rings is 1. The number of sulfonamides is 1. The van der Waals surface area contributed by atoms with E-state index in [1.807, 2.05) is 12.1 Å². The van der Waals surface area contributed by atoms with Gasteiger partial charge in [0.2, 0.25) is 10.0 Å². The summed E-state index contributed by atoms with van der Waals surface area (Å²) in [5, 5.41) is 0. The highest BCUT2D eigenvalue weighted by Crippen LogP contribution is 2.45. The normalized spacial score (nSPS) is 22.9. The van der Waals surface area contributed by atoms with Crippen molar-refractivity contribution in [2.24, 2.45) is 0 Å². The molecule has 2 bridgehead atoms. The number of piperidine rings is 2. The van der Waals surface area contributed by atoms with Gasteiger partial charge >= 0.3 is 0 Å². The van der Waals surface area contributed by atoms with Crippen molar-refractivity contribution in [3.63, 3.8) is 0 Å². The molecule has 11 heteroatoms. The highest BCUT2D eigenvalue weighted by atomic mass is 32.2. The first-order chi connectivity index (χ1) is 22.5. The zero-order valence-corrected chi connectivity index (χ0v) is 27.6. The van der Waals surface area contributed by atoms with E-state index in [2.05, 4.69) is 39.3 Å². The van der Waals surface area contributed by atoms with E-state index in [4.69, 9.17) is 4.98 Å². The van der Waals surface area contributed by atoms with E-state index in [0.717, 1.165) is 55.0 Å². The fourth-order valence-corrected chi connectivity index (χ4v) is 9.11. The Kier molecular flexibility index (Phi) is 8.32. The maximum atomic E-state index is 14.7. The lowest BCUT2D eigenvalue weighted by Gasteiger charge is -2.45. The SMILES string of the molecule is Cc1nc2ccccc2n1C1CC2CCC(C1)N2CCC1(c2cccc(F)c2)CCN(C(=O)c2ccc(NS(C)(=O)=O)c(F)c2)CC1. The summed E-state index contributed by atoms with van der Waals surface area (Å²) >= 11 is 0. The number of anilines is 1. The zero-order chi connectivity index (χ0) is 32.9. The average Bonchev–Trinajstić information content (AvgIpc) is 3.50. The zero-order valence-electron chi connectivity index (χ0n) is 26.8. The highest BCUT2D eigenvalue weighted by Gasteiger charge is 2.44. The molecule has 1 N–H and O–H groups in total. The number of benzene rings is 3. The number of rotatable bonds is 8. The van der Waals surface area contributed by atoms with Crippen molar-refractivity contribution in [3.8, 4) is 0 Å². The van der Waals surface area contributed by atoms with Crippen molar-refractivity contribution >= 4 is 32.7 Å². The maximum Gasteiger partial charge on any atom is 0.253 e. The van der Waals surface area contributed by atoms with Gasteiger partial charge in [0.1, 0.15) is 17.5 Å². The van der Waals surface area contributed by atoms with Crippen LogP contribution < -0.4 is 4.72 Å². The van der Waals surface area contributed by atoms with E-state index in [-0.39, 0.29) is 28.4 Å². The second-order valence-corrected chi connectivity index (χ2v) is 15.4. The molecule has 0 saturated carbocycles. The Morgan fingerprint density at radius 3 is 2.36 bits per heavy atom. The molecule has 3 fully saturated rings. The van der Waals surface area contributed by atoms with E-state index in [0.29, 0.717) is 44.1 Å². The molecule has 248 valence electrons. The number of carbonyl (C=O) groups excluding carboxylic acids is 1. The number of halogens is 2. The Labute approximate surface area is 274 Å². The molecular formula is C36H41F2N5O3S. The molecule has 7 rings (SSSR count). The lowest BCUT2D eigenvalue weighted by atomic mass is 9.70. The number of carbonyl (C=O) groups is 1. The number of amides is 1. The number of aromatic nitrogens is 2. The molecule has 8 nitrogen and oxygen atoms in total. The summed E-state index contributed by atoms with van der Waals surface area (Å²) in [6.45, 7) is 3.94. The Balaban J connectivity index is 1.06. The van der Waals surface area contributed by atoms with Crippen LogP contribution in [0.5, 0.6) is 0 Å². The van der Waals surface area contributed by atoms with Crippen LogP contribution in [0.2, 0.25) is 0 Å². The fraction of sp³-hybridized carbons (Fsp3) is 0.444. The van der Waals surface area contributed by atoms with Gasteiger partial charge in [-0.15, -0.1) is 0 Å². The van der Waals surface area contributed by atoms with E-state index in [9.17, 15) is 22.0 Å². The van der Waals surface area contributed by atoms with Gasteiger partial charge in [0.15, 0.2) is 0 Å². The van der Waals surface area contributed by atoms with Gasteiger partial charge in [-0.3, -0.25) is 14.4 Å². The molecule has 47 heavy (non-hydrogen) atoms. The highest BCUT2D eigenvalue weighted by molar-refractivity contribution is 7.92. The lowest BCUT2D eigenvalue weighted by Crippen LogP contribution is -2.49. The number of nitrogens with one attached hydrogen (secondary N) is 1. The molecule has 1 aromatic heterocycles. The molecule has 4 heterocycles. The predicted molar refractivity (Wildman–Crippen MR) is 179 cm³/mol. The van der Waals surface area contributed by atoms with E-state index in [1.54, 1.807) is 17.0 Å². The maximum absolute atomic E-state index is 14.7. The second-order valence-electron chi connectivity index (χ2n) is 13.7. The first-order valence-electron chi connectivity index (χ1n) is 16.5. The summed E-state index contributed by atoms with van der Waals surface area (Å²) in [4.78, 5) is 22.7. The minimum atomic E-state index is -3.65. The molecule has 3 saturated heterocycles. The molecule has 3 aliphatic rings. The van der Waals surface area contributed by atoms with Crippen LogP contribution in [0.3, 0.4) is 0 Å².